The van der Waals surface area contributed by atoms with Gasteiger partial charge in [-0.15, -0.1) is 11.6 Å². The van der Waals surface area contributed by atoms with Crippen LogP contribution in [0.15, 0.2) is 24.3 Å². The summed E-state index contributed by atoms with van der Waals surface area (Å²) in [6, 6.07) is 6.95. The zero-order valence-electron chi connectivity index (χ0n) is 10.9. The third-order valence-electron chi connectivity index (χ3n) is 3.20. The molecule has 2 rings (SSSR count). The summed E-state index contributed by atoms with van der Waals surface area (Å²) in [5, 5.41) is -0.361. The van der Waals surface area contributed by atoms with E-state index in [9.17, 15) is 16.8 Å². The first-order valence-corrected chi connectivity index (χ1v) is 10.2. The number of sulfone groups is 1. The molecule has 0 saturated heterocycles. The zero-order valence-corrected chi connectivity index (χ0v) is 13.3. The molecule has 0 saturated carbocycles. The Kier molecular flexibility index (Phi) is 4.44. The fourth-order valence-electron chi connectivity index (χ4n) is 2.20. The van der Waals surface area contributed by atoms with E-state index in [1.54, 1.807) is 0 Å². The molecule has 1 aliphatic rings. The molecule has 0 bridgehead atoms. The molecule has 0 aromatic heterocycles. The van der Waals surface area contributed by atoms with Crippen molar-refractivity contribution in [1.29, 1.82) is 0 Å². The number of halogens is 1. The molecular formula is C12H16ClNO4S2. The minimum absolute atomic E-state index is 0.361. The predicted molar refractivity (Wildman–Crippen MR) is 79.2 cm³/mol. The Hall–Kier alpha value is -0.630. The first-order chi connectivity index (χ1) is 9.18. The Morgan fingerprint density at radius 2 is 1.85 bits per heavy atom. The van der Waals surface area contributed by atoms with Gasteiger partial charge in [-0.3, -0.25) is 0 Å². The molecule has 1 aliphatic carbocycles. The third kappa shape index (κ3) is 3.94. The van der Waals surface area contributed by atoms with Crippen molar-refractivity contribution >= 4 is 31.5 Å². The molecule has 5 nitrogen and oxygen atoms in total. The Balaban J connectivity index is 2.14. The lowest BCUT2D eigenvalue weighted by atomic mass is 10.1. The lowest BCUT2D eigenvalue weighted by Crippen LogP contribution is -2.35. The number of rotatable bonds is 5. The van der Waals surface area contributed by atoms with Gasteiger partial charge in [-0.05, 0) is 17.5 Å². The summed E-state index contributed by atoms with van der Waals surface area (Å²) in [6.07, 6.45) is 1.61. The van der Waals surface area contributed by atoms with Crippen molar-refractivity contribution in [3.8, 4) is 0 Å². The topological polar surface area (TPSA) is 80.3 Å². The first kappa shape index (κ1) is 15.8. The highest BCUT2D eigenvalue weighted by molar-refractivity contribution is 7.93. The molecule has 112 valence electrons. The number of benzene rings is 1. The van der Waals surface area contributed by atoms with Crippen LogP contribution in [0.25, 0.3) is 0 Å². The summed E-state index contributed by atoms with van der Waals surface area (Å²) in [5.41, 5.74) is 1.87. The largest absolute Gasteiger partial charge is 0.229 e. The molecule has 1 N–H and O–H groups in total. The normalized spacial score (nSPS) is 22.7. The maximum Gasteiger partial charge on any atom is 0.213 e. The van der Waals surface area contributed by atoms with Crippen LogP contribution in [0, 0.1) is 0 Å². The third-order valence-corrected chi connectivity index (χ3v) is 6.16. The lowest BCUT2D eigenvalue weighted by molar-refractivity contribution is 0.556. The van der Waals surface area contributed by atoms with E-state index in [4.69, 9.17) is 11.6 Å². The molecule has 0 amide bonds. The average molecular weight is 338 g/mol. The van der Waals surface area contributed by atoms with Crippen LogP contribution in [0.5, 0.6) is 0 Å². The van der Waals surface area contributed by atoms with E-state index in [1.165, 1.54) is 0 Å². The summed E-state index contributed by atoms with van der Waals surface area (Å²) in [6.45, 7) is 0. The zero-order chi connectivity index (χ0) is 15.0. The Morgan fingerprint density at radius 3 is 2.50 bits per heavy atom. The van der Waals surface area contributed by atoms with Crippen LogP contribution >= 0.6 is 11.6 Å². The highest BCUT2D eigenvalue weighted by Crippen LogP contribution is 2.35. The van der Waals surface area contributed by atoms with E-state index in [1.807, 2.05) is 24.3 Å². The number of sulfonamides is 1. The maximum atomic E-state index is 12.0. The summed E-state index contributed by atoms with van der Waals surface area (Å²) < 4.78 is 48.5. The first-order valence-electron chi connectivity index (χ1n) is 6.07. The fourth-order valence-corrected chi connectivity index (χ4v) is 5.52. The molecule has 2 atom stereocenters. The van der Waals surface area contributed by atoms with Gasteiger partial charge < -0.3 is 0 Å². The van der Waals surface area contributed by atoms with Crippen LogP contribution < -0.4 is 4.72 Å². The van der Waals surface area contributed by atoms with E-state index < -0.39 is 37.4 Å². The van der Waals surface area contributed by atoms with Crippen LogP contribution in [0.1, 0.15) is 17.2 Å². The standard InChI is InChI=1S/C12H16ClNO4S2/c1-19(15,16)6-7-20(17,18)14-12-10-5-3-2-4-9(10)8-11(12)13/h2-5,11-12,14H,6-8H2,1H3. The monoisotopic (exact) mass is 337 g/mol. The van der Waals surface area contributed by atoms with E-state index in [0.29, 0.717) is 6.42 Å². The molecule has 8 heteroatoms. The number of hydrogen-bond donors (Lipinski definition) is 1. The second-order valence-corrected chi connectivity index (χ2v) is 9.66. The van der Waals surface area contributed by atoms with Gasteiger partial charge in [0.05, 0.1) is 22.9 Å². The van der Waals surface area contributed by atoms with Crippen molar-refractivity contribution in [1.82, 2.24) is 4.72 Å². The minimum Gasteiger partial charge on any atom is -0.229 e. The molecule has 1 aromatic carbocycles. The predicted octanol–water partition coefficient (Wildman–Crippen LogP) is 0.855. The van der Waals surface area contributed by atoms with Gasteiger partial charge in [-0.1, -0.05) is 24.3 Å². The van der Waals surface area contributed by atoms with Gasteiger partial charge in [0.15, 0.2) is 0 Å². The van der Waals surface area contributed by atoms with Crippen molar-refractivity contribution in [3.05, 3.63) is 35.4 Å². The van der Waals surface area contributed by atoms with Gasteiger partial charge >= 0.3 is 0 Å². The van der Waals surface area contributed by atoms with E-state index in [0.717, 1.165) is 17.4 Å². The highest BCUT2D eigenvalue weighted by atomic mass is 35.5. The van der Waals surface area contributed by atoms with Crippen molar-refractivity contribution in [2.24, 2.45) is 0 Å². The van der Waals surface area contributed by atoms with Gasteiger partial charge in [0.25, 0.3) is 0 Å². The molecule has 0 fully saturated rings. The molecular weight excluding hydrogens is 322 g/mol. The smallest absolute Gasteiger partial charge is 0.213 e. The van der Waals surface area contributed by atoms with Gasteiger partial charge in [0, 0.05) is 6.26 Å². The summed E-state index contributed by atoms with van der Waals surface area (Å²) >= 11 is 6.19. The molecule has 0 radical (unpaired) electrons. The van der Waals surface area contributed by atoms with Crippen molar-refractivity contribution in [2.75, 3.05) is 17.8 Å². The van der Waals surface area contributed by atoms with Crippen molar-refractivity contribution in [3.63, 3.8) is 0 Å². The second-order valence-electron chi connectivity index (χ2n) is 4.96. The van der Waals surface area contributed by atoms with Gasteiger partial charge in [0.2, 0.25) is 10.0 Å². The summed E-state index contributed by atoms with van der Waals surface area (Å²) in [7, 11) is -7.00. The van der Waals surface area contributed by atoms with E-state index in [-0.39, 0.29) is 5.38 Å². The molecule has 1 aromatic rings. The van der Waals surface area contributed by atoms with Gasteiger partial charge in [-0.2, -0.15) is 0 Å². The fraction of sp³-hybridized carbons (Fsp3) is 0.500. The number of fused-ring (bicyclic) bond motifs is 1. The SMILES string of the molecule is CS(=O)(=O)CCS(=O)(=O)NC1c2ccccc2CC1Cl. The van der Waals surface area contributed by atoms with Gasteiger partial charge in [0.1, 0.15) is 9.84 Å². The maximum absolute atomic E-state index is 12.0. The summed E-state index contributed by atoms with van der Waals surface area (Å²) in [4.78, 5) is 0. The Labute approximate surface area is 124 Å². The lowest BCUT2D eigenvalue weighted by Gasteiger charge is -2.17. The van der Waals surface area contributed by atoms with Crippen LogP contribution in [0.3, 0.4) is 0 Å². The number of hydrogen-bond acceptors (Lipinski definition) is 4. The molecule has 0 spiro atoms. The Bertz CT molecular complexity index is 700. The van der Waals surface area contributed by atoms with E-state index in [2.05, 4.69) is 4.72 Å². The average Bonchev–Trinajstić information content (AvgIpc) is 2.63. The van der Waals surface area contributed by atoms with Crippen LogP contribution in [-0.2, 0) is 26.3 Å². The molecule has 0 heterocycles. The van der Waals surface area contributed by atoms with Crippen LogP contribution in [-0.4, -0.2) is 40.0 Å². The highest BCUT2D eigenvalue weighted by Gasteiger charge is 2.33. The minimum atomic E-state index is -3.69. The van der Waals surface area contributed by atoms with Gasteiger partial charge in [-0.25, -0.2) is 21.6 Å². The molecule has 20 heavy (non-hydrogen) atoms. The molecule has 2 unspecified atom stereocenters. The quantitative estimate of drug-likeness (QED) is 0.808. The van der Waals surface area contributed by atoms with E-state index >= 15 is 0 Å². The van der Waals surface area contributed by atoms with Crippen molar-refractivity contribution in [2.45, 2.75) is 17.8 Å². The Morgan fingerprint density at radius 1 is 1.20 bits per heavy atom. The van der Waals surface area contributed by atoms with Crippen LogP contribution in [0.4, 0.5) is 0 Å². The second kappa shape index (κ2) is 5.63. The number of nitrogens with one attached hydrogen (secondary N) is 1. The molecule has 0 aliphatic heterocycles. The van der Waals surface area contributed by atoms with Crippen molar-refractivity contribution < 1.29 is 16.8 Å². The number of alkyl halides is 1. The van der Waals surface area contributed by atoms with Crippen LogP contribution in [0.2, 0.25) is 0 Å². The summed E-state index contributed by atoms with van der Waals surface area (Å²) in [5.74, 6) is -0.849.